The minimum Gasteiger partial charge on any atom is -0.493 e. The number of halogens is 2. The summed E-state index contributed by atoms with van der Waals surface area (Å²) in [5, 5.41) is 18.0. The largest absolute Gasteiger partial charge is 0.493 e. The van der Waals surface area contributed by atoms with Crippen LogP contribution in [0.15, 0.2) is 42.6 Å². The van der Waals surface area contributed by atoms with Crippen LogP contribution < -0.4 is 9.47 Å². The number of hydrogen-bond donors (Lipinski definition) is 1. The maximum Gasteiger partial charge on any atom is 0.169 e. The summed E-state index contributed by atoms with van der Waals surface area (Å²) in [7, 11) is 1.57. The SMILES string of the molecule is COc1cc(Cn2cc(CCO)nn2)ccc1Oc1ccc(Cl)cc1Cl. The molecule has 6 nitrogen and oxygen atoms in total. The molecule has 0 fully saturated rings. The highest BCUT2D eigenvalue weighted by atomic mass is 35.5. The number of rotatable bonds is 7. The first-order chi connectivity index (χ1) is 12.6. The summed E-state index contributed by atoms with van der Waals surface area (Å²) >= 11 is 12.1. The molecule has 0 spiro atoms. The van der Waals surface area contributed by atoms with Crippen LogP contribution in [0.5, 0.6) is 17.2 Å². The summed E-state index contributed by atoms with van der Waals surface area (Å²) < 4.78 is 13.0. The molecule has 0 radical (unpaired) electrons. The van der Waals surface area contributed by atoms with Gasteiger partial charge in [-0.15, -0.1) is 5.10 Å². The van der Waals surface area contributed by atoms with E-state index in [1.54, 1.807) is 36.2 Å². The molecule has 0 aliphatic rings. The van der Waals surface area contributed by atoms with E-state index in [0.717, 1.165) is 11.3 Å². The van der Waals surface area contributed by atoms with E-state index in [1.807, 2.05) is 18.2 Å². The topological polar surface area (TPSA) is 69.4 Å². The van der Waals surface area contributed by atoms with Crippen molar-refractivity contribution in [3.63, 3.8) is 0 Å². The zero-order valence-electron chi connectivity index (χ0n) is 14.0. The van der Waals surface area contributed by atoms with E-state index >= 15 is 0 Å². The third-order valence-electron chi connectivity index (χ3n) is 3.64. The van der Waals surface area contributed by atoms with Gasteiger partial charge in [-0.05, 0) is 35.9 Å². The number of nitrogens with zero attached hydrogens (tertiary/aromatic N) is 3. The predicted molar refractivity (Wildman–Crippen MR) is 99.4 cm³/mol. The molecule has 0 amide bonds. The molecular weight excluding hydrogens is 377 g/mol. The summed E-state index contributed by atoms with van der Waals surface area (Å²) in [6.45, 7) is 0.572. The van der Waals surface area contributed by atoms with Crippen molar-refractivity contribution in [2.24, 2.45) is 0 Å². The first kappa shape index (κ1) is 18.5. The van der Waals surface area contributed by atoms with Crippen molar-refractivity contribution in [1.82, 2.24) is 15.0 Å². The van der Waals surface area contributed by atoms with Gasteiger partial charge in [0.25, 0.3) is 0 Å². The molecule has 0 atom stereocenters. The van der Waals surface area contributed by atoms with Crippen molar-refractivity contribution < 1.29 is 14.6 Å². The highest BCUT2D eigenvalue weighted by Crippen LogP contribution is 2.36. The summed E-state index contributed by atoms with van der Waals surface area (Å²) in [4.78, 5) is 0. The van der Waals surface area contributed by atoms with Gasteiger partial charge in [-0.2, -0.15) is 0 Å². The Hall–Kier alpha value is -2.28. The van der Waals surface area contributed by atoms with Gasteiger partial charge in [0.2, 0.25) is 0 Å². The van der Waals surface area contributed by atoms with Crippen LogP contribution in [-0.2, 0) is 13.0 Å². The van der Waals surface area contributed by atoms with Crippen LogP contribution in [0.2, 0.25) is 10.0 Å². The summed E-state index contributed by atoms with van der Waals surface area (Å²) in [5.74, 6) is 1.61. The molecule has 0 saturated heterocycles. The third kappa shape index (κ3) is 4.46. The first-order valence-electron chi connectivity index (χ1n) is 7.88. The normalized spacial score (nSPS) is 10.8. The number of aliphatic hydroxyl groups excluding tert-OH is 1. The van der Waals surface area contributed by atoms with Gasteiger partial charge in [-0.1, -0.05) is 34.5 Å². The van der Waals surface area contributed by atoms with Crippen LogP contribution in [0, 0.1) is 0 Å². The quantitative estimate of drug-likeness (QED) is 0.657. The molecular formula is C18H17Cl2N3O3. The lowest BCUT2D eigenvalue weighted by Crippen LogP contribution is -2.01. The Labute approximate surface area is 160 Å². The highest BCUT2D eigenvalue weighted by molar-refractivity contribution is 6.35. The fourth-order valence-electron chi connectivity index (χ4n) is 2.40. The van der Waals surface area contributed by atoms with Gasteiger partial charge in [0.1, 0.15) is 5.75 Å². The van der Waals surface area contributed by atoms with E-state index in [9.17, 15) is 0 Å². The smallest absolute Gasteiger partial charge is 0.169 e. The molecule has 1 N–H and O–H groups in total. The van der Waals surface area contributed by atoms with E-state index in [4.69, 9.17) is 37.8 Å². The van der Waals surface area contributed by atoms with Gasteiger partial charge in [0.15, 0.2) is 11.5 Å². The second kappa shape index (κ2) is 8.40. The Bertz CT molecular complexity index is 899. The van der Waals surface area contributed by atoms with Crippen LogP contribution in [-0.4, -0.2) is 33.8 Å². The second-order valence-corrected chi connectivity index (χ2v) is 6.39. The molecule has 0 saturated carbocycles. The van der Waals surface area contributed by atoms with Gasteiger partial charge >= 0.3 is 0 Å². The molecule has 0 unspecified atom stereocenters. The van der Waals surface area contributed by atoms with Crippen LogP contribution in [0.1, 0.15) is 11.3 Å². The van der Waals surface area contributed by atoms with Crippen LogP contribution in [0.3, 0.4) is 0 Å². The maximum atomic E-state index is 8.95. The minimum absolute atomic E-state index is 0.0474. The standard InChI is InChI=1S/C18H17Cl2N3O3/c1-25-18-8-12(10-23-11-14(6-7-24)21-22-23)2-4-17(18)26-16-5-3-13(19)9-15(16)20/h2-5,8-9,11,24H,6-7,10H2,1H3. The molecule has 0 aliphatic carbocycles. The molecule has 2 aromatic carbocycles. The maximum absolute atomic E-state index is 8.95. The molecule has 8 heteroatoms. The van der Waals surface area contributed by atoms with Crippen LogP contribution in [0.4, 0.5) is 0 Å². The number of benzene rings is 2. The fourth-order valence-corrected chi connectivity index (χ4v) is 2.85. The van der Waals surface area contributed by atoms with E-state index in [0.29, 0.717) is 40.3 Å². The second-order valence-electron chi connectivity index (χ2n) is 5.54. The van der Waals surface area contributed by atoms with Gasteiger partial charge in [0.05, 0.1) is 24.4 Å². The summed E-state index contributed by atoms with van der Waals surface area (Å²) in [6, 6.07) is 10.6. The number of ether oxygens (including phenoxy) is 2. The average Bonchev–Trinajstić information content (AvgIpc) is 3.06. The summed E-state index contributed by atoms with van der Waals surface area (Å²) in [5.41, 5.74) is 1.72. The van der Waals surface area contributed by atoms with Crippen molar-refractivity contribution in [1.29, 1.82) is 0 Å². The predicted octanol–water partition coefficient (Wildman–Crippen LogP) is 3.97. The van der Waals surface area contributed by atoms with E-state index in [2.05, 4.69) is 10.3 Å². The summed E-state index contributed by atoms with van der Waals surface area (Å²) in [6.07, 6.45) is 2.29. The zero-order valence-corrected chi connectivity index (χ0v) is 15.5. The van der Waals surface area contributed by atoms with E-state index in [-0.39, 0.29) is 6.61 Å². The molecule has 26 heavy (non-hydrogen) atoms. The Morgan fingerprint density at radius 2 is 1.88 bits per heavy atom. The number of methoxy groups -OCH3 is 1. The Morgan fingerprint density at radius 1 is 1.08 bits per heavy atom. The van der Waals surface area contributed by atoms with Gasteiger partial charge in [0, 0.05) is 24.2 Å². The Kier molecular flexibility index (Phi) is 5.98. The molecule has 0 bridgehead atoms. The van der Waals surface area contributed by atoms with Gasteiger partial charge < -0.3 is 14.6 Å². The average molecular weight is 394 g/mol. The molecule has 0 aliphatic heterocycles. The van der Waals surface area contributed by atoms with Crippen molar-refractivity contribution in [2.45, 2.75) is 13.0 Å². The monoisotopic (exact) mass is 393 g/mol. The Morgan fingerprint density at radius 3 is 2.62 bits per heavy atom. The van der Waals surface area contributed by atoms with Gasteiger partial charge in [-0.25, -0.2) is 4.68 Å². The third-order valence-corrected chi connectivity index (χ3v) is 4.17. The molecule has 136 valence electrons. The molecule has 3 rings (SSSR count). The van der Waals surface area contributed by atoms with Crippen LogP contribution >= 0.6 is 23.2 Å². The van der Waals surface area contributed by atoms with Crippen molar-refractivity contribution >= 4 is 23.2 Å². The number of aromatic nitrogens is 3. The van der Waals surface area contributed by atoms with E-state index in [1.165, 1.54) is 0 Å². The lowest BCUT2D eigenvalue weighted by atomic mass is 10.2. The zero-order chi connectivity index (χ0) is 18.5. The van der Waals surface area contributed by atoms with Crippen LogP contribution in [0.25, 0.3) is 0 Å². The number of aliphatic hydroxyl groups is 1. The molecule has 1 heterocycles. The van der Waals surface area contributed by atoms with Crippen molar-refractivity contribution in [2.75, 3.05) is 13.7 Å². The van der Waals surface area contributed by atoms with E-state index < -0.39 is 0 Å². The fraction of sp³-hybridized carbons (Fsp3) is 0.222. The minimum atomic E-state index is 0.0474. The first-order valence-corrected chi connectivity index (χ1v) is 8.64. The van der Waals surface area contributed by atoms with Crippen molar-refractivity contribution in [3.8, 4) is 17.2 Å². The lowest BCUT2D eigenvalue weighted by molar-refractivity contribution is 0.298. The molecule has 3 aromatic rings. The lowest BCUT2D eigenvalue weighted by Gasteiger charge is -2.13. The molecule has 1 aromatic heterocycles. The van der Waals surface area contributed by atoms with Gasteiger partial charge in [-0.3, -0.25) is 0 Å². The highest BCUT2D eigenvalue weighted by Gasteiger charge is 2.11. The number of hydrogen-bond acceptors (Lipinski definition) is 5. The Balaban J connectivity index is 1.78. The van der Waals surface area contributed by atoms with Crippen molar-refractivity contribution in [3.05, 3.63) is 63.9 Å².